The van der Waals surface area contributed by atoms with Crippen LogP contribution in [0.5, 0.6) is 0 Å². The first-order chi connectivity index (χ1) is 12.3. The van der Waals surface area contributed by atoms with Crippen LogP contribution in [-0.2, 0) is 4.74 Å². The van der Waals surface area contributed by atoms with Gasteiger partial charge in [-0.05, 0) is 30.7 Å². The van der Waals surface area contributed by atoms with Gasteiger partial charge in [0.25, 0.3) is 0 Å². The zero-order chi connectivity index (χ0) is 17.2. The number of nitrogens with zero attached hydrogens (tertiary/aromatic N) is 5. The highest BCUT2D eigenvalue weighted by Crippen LogP contribution is 2.22. The minimum atomic E-state index is -0.182. The lowest BCUT2D eigenvalue weighted by atomic mass is 10.1. The molecule has 1 aromatic carbocycles. The fourth-order valence-corrected chi connectivity index (χ4v) is 2.96. The maximum atomic E-state index is 12.6. The number of rotatable bonds is 3. The van der Waals surface area contributed by atoms with Gasteiger partial charge in [0, 0.05) is 18.4 Å². The maximum absolute atomic E-state index is 12.6. The molecule has 1 saturated heterocycles. The lowest BCUT2D eigenvalue weighted by Gasteiger charge is -2.06. The maximum Gasteiger partial charge on any atom is 0.350 e. The van der Waals surface area contributed by atoms with Crippen LogP contribution in [0.25, 0.3) is 16.9 Å². The Morgan fingerprint density at radius 2 is 2.08 bits per heavy atom. The number of nitriles is 1. The molecule has 0 spiro atoms. The number of hydrogen-bond acceptors (Lipinski definition) is 5. The SMILES string of the molecule is N#Cc1cccnc1-c1ccc(-n2cnn(C3CCOC3)c2=O)cc1. The van der Waals surface area contributed by atoms with Gasteiger partial charge in [-0.3, -0.25) is 4.98 Å². The Morgan fingerprint density at radius 1 is 1.24 bits per heavy atom. The molecule has 7 heteroatoms. The summed E-state index contributed by atoms with van der Waals surface area (Å²) in [5.74, 6) is 0. The minimum absolute atomic E-state index is 0.000251. The van der Waals surface area contributed by atoms with Crippen LogP contribution in [0, 0.1) is 11.3 Å². The Kier molecular flexibility index (Phi) is 3.88. The van der Waals surface area contributed by atoms with Gasteiger partial charge in [-0.1, -0.05) is 12.1 Å². The molecule has 0 saturated carbocycles. The second-order valence-corrected chi connectivity index (χ2v) is 5.80. The van der Waals surface area contributed by atoms with E-state index in [0.717, 1.165) is 12.0 Å². The van der Waals surface area contributed by atoms with Gasteiger partial charge < -0.3 is 4.74 Å². The van der Waals surface area contributed by atoms with Crippen molar-refractivity contribution in [3.63, 3.8) is 0 Å². The summed E-state index contributed by atoms with van der Waals surface area (Å²) in [7, 11) is 0. The van der Waals surface area contributed by atoms with Gasteiger partial charge in [-0.2, -0.15) is 10.4 Å². The standard InChI is InChI=1S/C18H15N5O2/c19-10-14-2-1-8-20-17(14)13-3-5-15(6-4-13)22-12-21-23(18(22)24)16-7-9-25-11-16/h1-6,8,12,16H,7,9,11H2. The van der Waals surface area contributed by atoms with Crippen molar-refractivity contribution in [1.29, 1.82) is 5.26 Å². The van der Waals surface area contributed by atoms with E-state index in [9.17, 15) is 10.1 Å². The van der Waals surface area contributed by atoms with Gasteiger partial charge in [-0.25, -0.2) is 14.0 Å². The summed E-state index contributed by atoms with van der Waals surface area (Å²) >= 11 is 0. The summed E-state index contributed by atoms with van der Waals surface area (Å²) in [6.45, 7) is 1.18. The van der Waals surface area contributed by atoms with Crippen LogP contribution in [0.1, 0.15) is 18.0 Å². The van der Waals surface area contributed by atoms with Crippen LogP contribution < -0.4 is 5.69 Å². The van der Waals surface area contributed by atoms with Gasteiger partial charge in [0.15, 0.2) is 0 Å². The van der Waals surface area contributed by atoms with Crippen LogP contribution in [-0.4, -0.2) is 32.5 Å². The van der Waals surface area contributed by atoms with E-state index in [1.807, 2.05) is 24.3 Å². The van der Waals surface area contributed by atoms with Crippen molar-refractivity contribution in [1.82, 2.24) is 19.3 Å². The molecular weight excluding hydrogens is 318 g/mol. The fourth-order valence-electron chi connectivity index (χ4n) is 2.96. The third-order valence-electron chi connectivity index (χ3n) is 4.29. The highest BCUT2D eigenvalue weighted by Gasteiger charge is 2.21. The van der Waals surface area contributed by atoms with Gasteiger partial charge in [0.2, 0.25) is 0 Å². The zero-order valence-electron chi connectivity index (χ0n) is 13.4. The van der Waals surface area contributed by atoms with Crippen molar-refractivity contribution in [2.24, 2.45) is 0 Å². The van der Waals surface area contributed by atoms with Crippen molar-refractivity contribution in [2.75, 3.05) is 13.2 Å². The molecule has 4 rings (SSSR count). The molecule has 0 N–H and O–H groups in total. The monoisotopic (exact) mass is 333 g/mol. The Hall–Kier alpha value is -3.24. The molecule has 124 valence electrons. The van der Waals surface area contributed by atoms with E-state index in [1.165, 1.54) is 15.6 Å². The highest BCUT2D eigenvalue weighted by atomic mass is 16.5. The van der Waals surface area contributed by atoms with Gasteiger partial charge in [0.1, 0.15) is 12.4 Å². The predicted octanol–water partition coefficient (Wildman–Crippen LogP) is 1.93. The fraction of sp³-hybridized carbons (Fsp3) is 0.222. The van der Waals surface area contributed by atoms with Crippen LogP contribution in [0.4, 0.5) is 0 Å². The largest absolute Gasteiger partial charge is 0.379 e. The summed E-state index contributed by atoms with van der Waals surface area (Å²) < 4.78 is 8.31. The molecule has 0 radical (unpaired) electrons. The molecule has 1 unspecified atom stereocenters. The Labute approximate surface area is 143 Å². The quantitative estimate of drug-likeness (QED) is 0.731. The molecule has 7 nitrogen and oxygen atoms in total. The van der Waals surface area contributed by atoms with Crippen molar-refractivity contribution in [3.05, 3.63) is 65.0 Å². The van der Waals surface area contributed by atoms with Crippen molar-refractivity contribution in [2.45, 2.75) is 12.5 Å². The lowest BCUT2D eigenvalue weighted by molar-refractivity contribution is 0.183. The average Bonchev–Trinajstić information content (AvgIpc) is 3.31. The first-order valence-electron chi connectivity index (χ1n) is 7.98. The molecule has 1 fully saturated rings. The third-order valence-corrected chi connectivity index (χ3v) is 4.29. The second-order valence-electron chi connectivity index (χ2n) is 5.80. The van der Waals surface area contributed by atoms with E-state index >= 15 is 0 Å². The van der Waals surface area contributed by atoms with Crippen LogP contribution >= 0.6 is 0 Å². The van der Waals surface area contributed by atoms with Crippen molar-refractivity contribution >= 4 is 0 Å². The number of pyridine rings is 1. The lowest BCUT2D eigenvalue weighted by Crippen LogP contribution is -2.27. The van der Waals surface area contributed by atoms with E-state index in [0.29, 0.717) is 30.2 Å². The van der Waals surface area contributed by atoms with E-state index in [-0.39, 0.29) is 11.7 Å². The molecule has 0 amide bonds. The minimum Gasteiger partial charge on any atom is -0.379 e. The predicted molar refractivity (Wildman–Crippen MR) is 90.2 cm³/mol. The van der Waals surface area contributed by atoms with E-state index in [1.54, 1.807) is 18.3 Å². The van der Waals surface area contributed by atoms with Crippen LogP contribution in [0.15, 0.2) is 53.7 Å². The molecule has 25 heavy (non-hydrogen) atoms. The summed E-state index contributed by atoms with van der Waals surface area (Å²) in [4.78, 5) is 16.8. The molecule has 3 aromatic rings. The molecule has 1 aliphatic rings. The van der Waals surface area contributed by atoms with Crippen LogP contribution in [0.3, 0.4) is 0 Å². The van der Waals surface area contributed by atoms with Gasteiger partial charge in [-0.15, -0.1) is 0 Å². The number of ether oxygens (including phenoxy) is 1. The van der Waals surface area contributed by atoms with Gasteiger partial charge in [0.05, 0.1) is 29.6 Å². The topological polar surface area (TPSA) is 85.7 Å². The van der Waals surface area contributed by atoms with E-state index < -0.39 is 0 Å². The number of benzene rings is 1. The summed E-state index contributed by atoms with van der Waals surface area (Å²) in [5.41, 5.74) is 2.50. The number of hydrogen-bond donors (Lipinski definition) is 0. The molecule has 1 aliphatic heterocycles. The Balaban J connectivity index is 1.67. The van der Waals surface area contributed by atoms with Crippen LogP contribution in [0.2, 0.25) is 0 Å². The Bertz CT molecular complexity index is 991. The molecule has 0 bridgehead atoms. The summed E-state index contributed by atoms with van der Waals surface area (Å²) in [5, 5.41) is 13.4. The molecule has 1 atom stereocenters. The number of aromatic nitrogens is 4. The smallest absolute Gasteiger partial charge is 0.350 e. The summed E-state index contributed by atoms with van der Waals surface area (Å²) in [6.07, 6.45) is 3.98. The summed E-state index contributed by atoms with van der Waals surface area (Å²) in [6, 6.07) is 12.9. The van der Waals surface area contributed by atoms with Crippen molar-refractivity contribution in [3.8, 4) is 23.0 Å². The molecule has 3 heterocycles. The van der Waals surface area contributed by atoms with Crippen molar-refractivity contribution < 1.29 is 4.74 Å². The highest BCUT2D eigenvalue weighted by molar-refractivity contribution is 5.67. The molecule has 2 aromatic heterocycles. The van der Waals surface area contributed by atoms with Gasteiger partial charge >= 0.3 is 5.69 Å². The Morgan fingerprint density at radius 3 is 2.80 bits per heavy atom. The first kappa shape index (κ1) is 15.3. The second kappa shape index (κ2) is 6.34. The average molecular weight is 333 g/mol. The van der Waals surface area contributed by atoms with E-state index in [2.05, 4.69) is 16.2 Å². The normalized spacial score (nSPS) is 16.7. The third kappa shape index (κ3) is 2.73. The molecular formula is C18H15N5O2. The molecule has 0 aliphatic carbocycles. The first-order valence-corrected chi connectivity index (χ1v) is 7.98. The van der Waals surface area contributed by atoms with E-state index in [4.69, 9.17) is 4.74 Å². The zero-order valence-corrected chi connectivity index (χ0v) is 13.4.